The second-order valence-electron chi connectivity index (χ2n) is 9.50. The topological polar surface area (TPSA) is 84.8 Å². The van der Waals surface area contributed by atoms with Crippen molar-refractivity contribution in [3.63, 3.8) is 0 Å². The van der Waals surface area contributed by atoms with E-state index in [4.69, 9.17) is 37.0 Å². The minimum Gasteiger partial charge on any atom is -0.435 e. The summed E-state index contributed by atoms with van der Waals surface area (Å²) in [7, 11) is -5.66. The third kappa shape index (κ3) is 23.3. The molecule has 0 rings (SSSR count). The van der Waals surface area contributed by atoms with Crippen LogP contribution in [0.2, 0.25) is 45.8 Å². The van der Waals surface area contributed by atoms with E-state index in [0.717, 1.165) is 12.8 Å². The molecule has 188 valence electrons. The highest BCUT2D eigenvalue weighted by Crippen LogP contribution is 2.21. The second-order valence-corrected chi connectivity index (χ2v) is 22.1. The summed E-state index contributed by atoms with van der Waals surface area (Å²) >= 11 is 0. The van der Waals surface area contributed by atoms with Gasteiger partial charge in [0.1, 0.15) is 0 Å². The van der Waals surface area contributed by atoms with Crippen molar-refractivity contribution in [2.45, 2.75) is 58.7 Å². The predicted octanol–water partition coefficient (Wildman–Crippen LogP) is 3.16. The minimum atomic E-state index is -2.30. The Morgan fingerprint density at radius 1 is 0.484 bits per heavy atom. The van der Waals surface area contributed by atoms with Crippen molar-refractivity contribution in [3.05, 3.63) is 0 Å². The van der Waals surface area contributed by atoms with E-state index in [2.05, 4.69) is 45.8 Å². The highest BCUT2D eigenvalue weighted by molar-refractivity contribution is 6.87. The van der Waals surface area contributed by atoms with Gasteiger partial charge in [0.05, 0.1) is 59.1 Å². The molecular weight excluding hydrogens is 452 g/mol. The van der Waals surface area contributed by atoms with E-state index in [1.54, 1.807) is 0 Å². The Bertz CT molecular complexity index is 400. The molecule has 0 amide bonds. The Morgan fingerprint density at radius 2 is 0.839 bits per heavy atom. The van der Waals surface area contributed by atoms with Crippen LogP contribution in [0.4, 0.5) is 0 Å². The highest BCUT2D eigenvalue weighted by atomic mass is 28.5. The van der Waals surface area contributed by atoms with E-state index in [0.29, 0.717) is 65.7 Å². The Labute approximate surface area is 193 Å². The van der Waals surface area contributed by atoms with Crippen LogP contribution >= 0.6 is 0 Å². The number of aliphatic hydroxyl groups is 1. The van der Waals surface area contributed by atoms with E-state index < -0.39 is 25.2 Å². The van der Waals surface area contributed by atoms with Gasteiger partial charge in [0.15, 0.2) is 16.6 Å². The van der Waals surface area contributed by atoms with Gasteiger partial charge in [-0.3, -0.25) is 0 Å². The summed E-state index contributed by atoms with van der Waals surface area (Å²) in [5.74, 6) is 0. The van der Waals surface area contributed by atoms with Crippen molar-refractivity contribution in [2.24, 2.45) is 0 Å². The normalized spacial score (nSPS) is 13.2. The Balaban J connectivity index is 3.62. The van der Waals surface area contributed by atoms with Gasteiger partial charge in [-0.25, -0.2) is 0 Å². The van der Waals surface area contributed by atoms with Gasteiger partial charge >= 0.3 is 8.56 Å². The summed E-state index contributed by atoms with van der Waals surface area (Å²) in [4.78, 5) is 0. The average Bonchev–Trinajstić information content (AvgIpc) is 2.61. The molecule has 0 aliphatic carbocycles. The molecule has 0 aliphatic rings. The number of ether oxygens (including phenoxy) is 5. The van der Waals surface area contributed by atoms with Crippen LogP contribution in [0, 0.1) is 0 Å². The molecule has 0 heterocycles. The van der Waals surface area contributed by atoms with Crippen LogP contribution in [-0.2, 0) is 31.9 Å². The van der Waals surface area contributed by atoms with Gasteiger partial charge in [-0.05, 0) is 58.7 Å². The first kappa shape index (κ1) is 31.3. The van der Waals surface area contributed by atoms with Crippen LogP contribution in [0.1, 0.15) is 12.8 Å². The number of unbranched alkanes of at least 4 members (excludes halogenated alkanes) is 1. The van der Waals surface area contributed by atoms with Crippen LogP contribution in [0.15, 0.2) is 0 Å². The third-order valence-corrected chi connectivity index (χ3v) is 12.7. The lowest BCUT2D eigenvalue weighted by molar-refractivity contribution is -0.00610. The van der Waals surface area contributed by atoms with Crippen LogP contribution < -0.4 is 0 Å². The van der Waals surface area contributed by atoms with Crippen LogP contribution in [-0.4, -0.2) is 103 Å². The zero-order valence-electron chi connectivity index (χ0n) is 21.0. The quantitative estimate of drug-likeness (QED) is 0.179. The van der Waals surface area contributed by atoms with Gasteiger partial charge in [-0.2, -0.15) is 0 Å². The third-order valence-electron chi connectivity index (χ3n) is 3.59. The standard InChI is InChI=1S/C20H48O8Si3/c1-29(2,3)27-31(7,28-30(4,5)6)20-26-12-9-8-11-22-14-16-24-18-19-25-17-15-23-13-10-21/h21H,8-20H2,1-7H3. The Morgan fingerprint density at radius 3 is 1.23 bits per heavy atom. The number of hydrogen-bond acceptors (Lipinski definition) is 8. The molecule has 0 aromatic carbocycles. The molecule has 0 unspecified atom stereocenters. The predicted molar refractivity (Wildman–Crippen MR) is 131 cm³/mol. The van der Waals surface area contributed by atoms with E-state index in [9.17, 15) is 0 Å². The molecule has 0 saturated carbocycles. The van der Waals surface area contributed by atoms with E-state index in [1.165, 1.54) is 0 Å². The SMILES string of the molecule is C[Si](C)(C)O[Si](C)(COCCCCOCCOCCOCCOCCO)O[Si](C)(C)C. The van der Waals surface area contributed by atoms with Crippen molar-refractivity contribution >= 4 is 25.2 Å². The van der Waals surface area contributed by atoms with Crippen LogP contribution in [0.25, 0.3) is 0 Å². The molecule has 0 radical (unpaired) electrons. The van der Waals surface area contributed by atoms with Crippen molar-refractivity contribution in [1.29, 1.82) is 0 Å². The summed E-state index contributed by atoms with van der Waals surface area (Å²) < 4.78 is 40.3. The summed E-state index contributed by atoms with van der Waals surface area (Å²) in [6.07, 6.45) is 2.50. The fourth-order valence-electron chi connectivity index (χ4n) is 2.87. The summed E-state index contributed by atoms with van der Waals surface area (Å²) in [6, 6.07) is 0. The fraction of sp³-hybridized carbons (Fsp3) is 1.00. The monoisotopic (exact) mass is 500 g/mol. The van der Waals surface area contributed by atoms with E-state index in [-0.39, 0.29) is 6.61 Å². The van der Waals surface area contributed by atoms with Crippen molar-refractivity contribution in [3.8, 4) is 0 Å². The zero-order chi connectivity index (χ0) is 23.6. The molecule has 0 fully saturated rings. The lowest BCUT2D eigenvalue weighted by atomic mass is 10.3. The summed E-state index contributed by atoms with van der Waals surface area (Å²) in [6.45, 7) is 20.4. The first-order chi connectivity index (χ1) is 14.5. The van der Waals surface area contributed by atoms with Crippen LogP contribution in [0.3, 0.4) is 0 Å². The van der Waals surface area contributed by atoms with Gasteiger partial charge in [0, 0.05) is 13.2 Å². The number of rotatable bonds is 22. The molecule has 31 heavy (non-hydrogen) atoms. The maximum Gasteiger partial charge on any atom is 0.341 e. The first-order valence-corrected chi connectivity index (χ1v) is 20.7. The molecule has 0 aliphatic heterocycles. The molecule has 0 aromatic heterocycles. The molecule has 0 saturated heterocycles. The number of aliphatic hydroxyl groups excluding tert-OH is 1. The molecule has 0 bridgehead atoms. The zero-order valence-corrected chi connectivity index (χ0v) is 24.0. The molecule has 11 heteroatoms. The lowest BCUT2D eigenvalue weighted by Crippen LogP contribution is -2.55. The summed E-state index contributed by atoms with van der Waals surface area (Å²) in [5.41, 5.74) is 0. The van der Waals surface area contributed by atoms with Crippen molar-refractivity contribution < 1.29 is 37.0 Å². The molecular formula is C20H48O8Si3. The van der Waals surface area contributed by atoms with Gasteiger partial charge in [0.25, 0.3) is 0 Å². The number of hydrogen-bond donors (Lipinski definition) is 1. The van der Waals surface area contributed by atoms with E-state index in [1.807, 2.05) is 0 Å². The average molecular weight is 501 g/mol. The van der Waals surface area contributed by atoms with Crippen molar-refractivity contribution in [2.75, 3.05) is 72.3 Å². The fourth-order valence-corrected chi connectivity index (χ4v) is 14.8. The maximum atomic E-state index is 8.57. The van der Waals surface area contributed by atoms with Gasteiger partial charge < -0.3 is 37.0 Å². The maximum absolute atomic E-state index is 8.57. The molecule has 8 nitrogen and oxygen atoms in total. The van der Waals surface area contributed by atoms with Crippen LogP contribution in [0.5, 0.6) is 0 Å². The Kier molecular flexibility index (Phi) is 17.9. The first-order valence-electron chi connectivity index (χ1n) is 11.4. The minimum absolute atomic E-state index is 0.0402. The molecule has 0 atom stereocenters. The largest absolute Gasteiger partial charge is 0.435 e. The summed E-state index contributed by atoms with van der Waals surface area (Å²) in [5, 5.41) is 8.57. The van der Waals surface area contributed by atoms with Gasteiger partial charge in [-0.1, -0.05) is 0 Å². The van der Waals surface area contributed by atoms with E-state index >= 15 is 0 Å². The smallest absolute Gasteiger partial charge is 0.341 e. The highest BCUT2D eigenvalue weighted by Gasteiger charge is 2.40. The molecule has 0 spiro atoms. The van der Waals surface area contributed by atoms with Gasteiger partial charge in [0.2, 0.25) is 0 Å². The second kappa shape index (κ2) is 17.8. The lowest BCUT2D eigenvalue weighted by Gasteiger charge is -2.38. The Hall–Kier alpha value is 0.331. The van der Waals surface area contributed by atoms with Gasteiger partial charge in [-0.15, -0.1) is 0 Å². The molecule has 0 aromatic rings. The van der Waals surface area contributed by atoms with Crippen molar-refractivity contribution in [1.82, 2.24) is 0 Å². The molecule has 1 N–H and O–H groups in total.